The highest BCUT2D eigenvalue weighted by atomic mass is 16.5. The normalized spacial score (nSPS) is 22.7. The van der Waals surface area contributed by atoms with Gasteiger partial charge in [0, 0.05) is 30.7 Å². The predicted molar refractivity (Wildman–Crippen MR) is 71.8 cm³/mol. The van der Waals surface area contributed by atoms with Crippen LogP contribution in [-0.2, 0) is 4.74 Å². The molecule has 2 N–H and O–H groups in total. The van der Waals surface area contributed by atoms with Crippen molar-refractivity contribution in [3.63, 3.8) is 0 Å². The van der Waals surface area contributed by atoms with Crippen molar-refractivity contribution >= 4 is 0 Å². The van der Waals surface area contributed by atoms with E-state index in [0.29, 0.717) is 6.04 Å². The molecular weight excluding hydrogens is 228 g/mol. The van der Waals surface area contributed by atoms with Crippen LogP contribution in [0.1, 0.15) is 18.5 Å². The Morgan fingerprint density at radius 3 is 3.00 bits per heavy atom. The van der Waals surface area contributed by atoms with E-state index in [4.69, 9.17) is 15.2 Å². The summed E-state index contributed by atoms with van der Waals surface area (Å²) in [6.07, 6.45) is 0. The molecule has 4 heteroatoms. The number of methoxy groups -OCH3 is 1. The van der Waals surface area contributed by atoms with Crippen LogP contribution in [0.15, 0.2) is 24.3 Å². The molecule has 1 aromatic rings. The topological polar surface area (TPSA) is 47.7 Å². The number of ether oxygens (including phenoxy) is 2. The summed E-state index contributed by atoms with van der Waals surface area (Å²) in [7, 11) is 1.68. The van der Waals surface area contributed by atoms with Crippen molar-refractivity contribution < 1.29 is 9.47 Å². The average Bonchev–Trinajstić information content (AvgIpc) is 2.41. The summed E-state index contributed by atoms with van der Waals surface area (Å²) in [5, 5.41) is 0. The Balaban J connectivity index is 2.04. The van der Waals surface area contributed by atoms with E-state index in [1.165, 1.54) is 0 Å². The first-order valence-electron chi connectivity index (χ1n) is 6.42. The largest absolute Gasteiger partial charge is 0.496 e. The summed E-state index contributed by atoms with van der Waals surface area (Å²) < 4.78 is 10.8. The minimum absolute atomic E-state index is 0.0262. The van der Waals surface area contributed by atoms with Crippen molar-refractivity contribution in [2.75, 3.05) is 33.4 Å². The minimum Gasteiger partial charge on any atom is -0.496 e. The lowest BCUT2D eigenvalue weighted by molar-refractivity contribution is -0.00288. The van der Waals surface area contributed by atoms with E-state index in [-0.39, 0.29) is 6.04 Å². The quantitative estimate of drug-likeness (QED) is 0.878. The lowest BCUT2D eigenvalue weighted by atomic mass is 10.0. The van der Waals surface area contributed by atoms with Crippen LogP contribution in [0.5, 0.6) is 5.75 Å². The Labute approximate surface area is 109 Å². The molecule has 2 rings (SSSR count). The fraction of sp³-hybridized carbons (Fsp3) is 0.571. The van der Waals surface area contributed by atoms with Crippen molar-refractivity contribution in [2.45, 2.75) is 19.0 Å². The molecule has 0 amide bonds. The van der Waals surface area contributed by atoms with E-state index < -0.39 is 0 Å². The zero-order chi connectivity index (χ0) is 13.0. The second-order valence-electron chi connectivity index (χ2n) is 4.77. The molecule has 0 saturated carbocycles. The molecular formula is C14H22N2O2. The van der Waals surface area contributed by atoms with Crippen LogP contribution in [-0.4, -0.2) is 44.4 Å². The standard InChI is InChI=1S/C14H22N2O2/c1-11-10-18-8-7-16(11)9-13(15)12-5-3-4-6-14(12)17-2/h3-6,11,13H,7-10,15H2,1-2H3. The Hall–Kier alpha value is -1.10. The van der Waals surface area contributed by atoms with Crippen LogP contribution in [0, 0.1) is 0 Å². The maximum atomic E-state index is 6.30. The molecule has 0 bridgehead atoms. The zero-order valence-electron chi connectivity index (χ0n) is 11.1. The number of nitrogens with two attached hydrogens (primary N) is 1. The average molecular weight is 250 g/mol. The first kappa shape index (κ1) is 13.3. The maximum Gasteiger partial charge on any atom is 0.123 e. The van der Waals surface area contributed by atoms with E-state index in [0.717, 1.165) is 37.6 Å². The summed E-state index contributed by atoms with van der Waals surface area (Å²) in [5.41, 5.74) is 7.37. The van der Waals surface area contributed by atoms with Gasteiger partial charge < -0.3 is 15.2 Å². The lowest BCUT2D eigenvalue weighted by Crippen LogP contribution is -2.46. The van der Waals surface area contributed by atoms with Gasteiger partial charge in [-0.05, 0) is 13.0 Å². The molecule has 0 aliphatic carbocycles. The van der Waals surface area contributed by atoms with E-state index in [1.54, 1.807) is 7.11 Å². The van der Waals surface area contributed by atoms with Gasteiger partial charge in [-0.1, -0.05) is 18.2 Å². The molecule has 1 saturated heterocycles. The van der Waals surface area contributed by atoms with Gasteiger partial charge in [0.2, 0.25) is 0 Å². The predicted octanol–water partition coefficient (Wildman–Crippen LogP) is 1.42. The Morgan fingerprint density at radius 2 is 2.28 bits per heavy atom. The van der Waals surface area contributed by atoms with Crippen molar-refractivity contribution in [1.82, 2.24) is 4.90 Å². The third-order valence-corrected chi connectivity index (χ3v) is 3.47. The van der Waals surface area contributed by atoms with Crippen molar-refractivity contribution in [3.8, 4) is 5.75 Å². The monoisotopic (exact) mass is 250 g/mol. The van der Waals surface area contributed by atoms with Gasteiger partial charge in [0.15, 0.2) is 0 Å². The highest BCUT2D eigenvalue weighted by molar-refractivity contribution is 5.35. The molecule has 100 valence electrons. The van der Waals surface area contributed by atoms with Crippen molar-refractivity contribution in [1.29, 1.82) is 0 Å². The first-order chi connectivity index (χ1) is 8.72. The van der Waals surface area contributed by atoms with Crippen LogP contribution < -0.4 is 10.5 Å². The molecule has 0 spiro atoms. The summed E-state index contributed by atoms with van der Waals surface area (Å²) in [4.78, 5) is 2.38. The molecule has 1 aliphatic rings. The van der Waals surface area contributed by atoms with Crippen LogP contribution in [0.4, 0.5) is 0 Å². The van der Waals surface area contributed by atoms with Crippen molar-refractivity contribution in [3.05, 3.63) is 29.8 Å². The SMILES string of the molecule is COc1ccccc1C(N)CN1CCOCC1C. The van der Waals surface area contributed by atoms with Gasteiger partial charge in [-0.15, -0.1) is 0 Å². The molecule has 4 nitrogen and oxygen atoms in total. The van der Waals surface area contributed by atoms with Gasteiger partial charge in [0.25, 0.3) is 0 Å². The number of hydrogen-bond acceptors (Lipinski definition) is 4. The van der Waals surface area contributed by atoms with E-state index >= 15 is 0 Å². The number of morpholine rings is 1. The molecule has 2 atom stereocenters. The third kappa shape index (κ3) is 3.02. The summed E-state index contributed by atoms with van der Waals surface area (Å²) in [5.74, 6) is 0.867. The van der Waals surface area contributed by atoms with Gasteiger partial charge in [0.1, 0.15) is 5.75 Å². The Bertz CT molecular complexity index is 384. The number of benzene rings is 1. The molecule has 0 radical (unpaired) electrons. The fourth-order valence-electron chi connectivity index (χ4n) is 2.36. The van der Waals surface area contributed by atoms with Gasteiger partial charge in [-0.2, -0.15) is 0 Å². The van der Waals surface area contributed by atoms with Gasteiger partial charge >= 0.3 is 0 Å². The van der Waals surface area contributed by atoms with Gasteiger partial charge in [-0.25, -0.2) is 0 Å². The van der Waals surface area contributed by atoms with Crippen LogP contribution >= 0.6 is 0 Å². The van der Waals surface area contributed by atoms with Gasteiger partial charge in [-0.3, -0.25) is 4.90 Å². The number of rotatable bonds is 4. The van der Waals surface area contributed by atoms with E-state index in [2.05, 4.69) is 11.8 Å². The summed E-state index contributed by atoms with van der Waals surface area (Å²) in [6, 6.07) is 8.36. The Kier molecular flexibility index (Phi) is 4.58. The molecule has 1 heterocycles. The highest BCUT2D eigenvalue weighted by Crippen LogP contribution is 2.24. The third-order valence-electron chi connectivity index (χ3n) is 3.47. The highest BCUT2D eigenvalue weighted by Gasteiger charge is 2.22. The Morgan fingerprint density at radius 1 is 1.50 bits per heavy atom. The molecule has 1 aliphatic heterocycles. The second kappa shape index (κ2) is 6.18. The summed E-state index contributed by atoms with van der Waals surface area (Å²) in [6.45, 7) is 5.55. The molecule has 18 heavy (non-hydrogen) atoms. The minimum atomic E-state index is -0.0262. The van der Waals surface area contributed by atoms with Crippen molar-refractivity contribution in [2.24, 2.45) is 5.73 Å². The number of para-hydroxylation sites is 1. The van der Waals surface area contributed by atoms with Crippen LogP contribution in [0.2, 0.25) is 0 Å². The lowest BCUT2D eigenvalue weighted by Gasteiger charge is -2.35. The molecule has 1 aromatic carbocycles. The first-order valence-corrected chi connectivity index (χ1v) is 6.42. The zero-order valence-corrected chi connectivity index (χ0v) is 11.1. The second-order valence-corrected chi connectivity index (χ2v) is 4.77. The molecule has 1 fully saturated rings. The van der Waals surface area contributed by atoms with Gasteiger partial charge in [0.05, 0.1) is 20.3 Å². The number of nitrogens with zero attached hydrogens (tertiary/aromatic N) is 1. The summed E-state index contributed by atoms with van der Waals surface area (Å²) >= 11 is 0. The molecule has 2 unspecified atom stereocenters. The van der Waals surface area contributed by atoms with E-state index in [1.807, 2.05) is 24.3 Å². The van der Waals surface area contributed by atoms with Crippen LogP contribution in [0.3, 0.4) is 0 Å². The molecule has 0 aromatic heterocycles. The van der Waals surface area contributed by atoms with E-state index in [9.17, 15) is 0 Å². The van der Waals surface area contributed by atoms with Crippen LogP contribution in [0.25, 0.3) is 0 Å². The number of hydrogen-bond donors (Lipinski definition) is 1. The smallest absolute Gasteiger partial charge is 0.123 e. The fourth-order valence-corrected chi connectivity index (χ4v) is 2.36. The maximum absolute atomic E-state index is 6.30.